The van der Waals surface area contributed by atoms with Gasteiger partial charge in [0.1, 0.15) is 36.0 Å². The lowest BCUT2D eigenvalue weighted by Crippen LogP contribution is -2.55. The van der Waals surface area contributed by atoms with Crippen molar-refractivity contribution >= 4 is 42.9 Å². The topological polar surface area (TPSA) is 255 Å². The fourth-order valence-corrected chi connectivity index (χ4v) is 6.02. The molecule has 1 aromatic carbocycles. The number of nitrogens with two attached hydrogens (primary N) is 1. The number of aliphatic hydroxyl groups excluding tert-OH is 1. The van der Waals surface area contributed by atoms with E-state index in [1.165, 1.54) is 21.0 Å². The van der Waals surface area contributed by atoms with Crippen molar-refractivity contribution in [3.8, 4) is 0 Å². The van der Waals surface area contributed by atoms with Gasteiger partial charge in [0, 0.05) is 19.0 Å². The standard InChI is InChI=1S/C31H51N6O10P/c1-17(2)25(30(43)37-26(18(3)4)31(44)47-7)35-23(39)13-14-48(45,46)24(15-21-11-9-8-10-12-21)36-28(41)20(6)33-27(40)19(5)34-29(42)22(32)16-38/h8-12,17-20,22,24-26,38H,13-16,32H2,1-7H3,(H,33,40)(H,34,42)(H,35,39)(H,36,41)(H,37,43)(H,45,46)/t19-,20-,22-,24-,25-,26-/m0/s1. The third-order valence-corrected chi connectivity index (χ3v) is 9.60. The Morgan fingerprint density at radius 1 is 0.771 bits per heavy atom. The number of rotatable bonds is 19. The van der Waals surface area contributed by atoms with Crippen LogP contribution in [0.25, 0.3) is 0 Å². The largest absolute Gasteiger partial charge is 0.467 e. The van der Waals surface area contributed by atoms with Crippen molar-refractivity contribution in [2.45, 2.75) is 90.4 Å². The van der Waals surface area contributed by atoms with Crippen molar-refractivity contribution in [3.05, 3.63) is 35.9 Å². The molecule has 17 heteroatoms. The Labute approximate surface area is 281 Å². The number of hydrogen-bond donors (Lipinski definition) is 8. The number of benzene rings is 1. The van der Waals surface area contributed by atoms with Gasteiger partial charge < -0.3 is 47.1 Å². The van der Waals surface area contributed by atoms with E-state index in [1.807, 2.05) is 0 Å². The molecule has 0 bridgehead atoms. The van der Waals surface area contributed by atoms with E-state index in [0.717, 1.165) is 0 Å². The minimum absolute atomic E-state index is 0.0741. The second kappa shape index (κ2) is 19.8. The number of aliphatic hydroxyl groups is 1. The van der Waals surface area contributed by atoms with E-state index in [1.54, 1.807) is 58.0 Å². The second-order valence-corrected chi connectivity index (χ2v) is 14.8. The second-order valence-electron chi connectivity index (χ2n) is 12.2. The zero-order valence-corrected chi connectivity index (χ0v) is 29.4. The molecule has 16 nitrogen and oxygen atoms in total. The number of nitrogens with one attached hydrogen (secondary N) is 5. The van der Waals surface area contributed by atoms with Crippen molar-refractivity contribution in [3.63, 3.8) is 0 Å². The molecule has 1 unspecified atom stereocenters. The Morgan fingerprint density at radius 3 is 1.79 bits per heavy atom. The summed E-state index contributed by atoms with van der Waals surface area (Å²) in [4.78, 5) is 86.8. The first-order valence-electron chi connectivity index (χ1n) is 15.6. The maximum atomic E-state index is 13.7. The molecule has 0 saturated carbocycles. The molecule has 0 radical (unpaired) electrons. The van der Waals surface area contributed by atoms with Gasteiger partial charge in [0.2, 0.25) is 36.9 Å². The van der Waals surface area contributed by atoms with Gasteiger partial charge in [0.05, 0.1) is 13.7 Å². The molecule has 0 spiro atoms. The van der Waals surface area contributed by atoms with Crippen LogP contribution in [-0.4, -0.2) is 101 Å². The molecular formula is C31H51N6O10P. The lowest BCUT2D eigenvalue weighted by molar-refractivity contribution is -0.146. The Morgan fingerprint density at radius 2 is 1.29 bits per heavy atom. The van der Waals surface area contributed by atoms with Crippen molar-refractivity contribution in [1.29, 1.82) is 0 Å². The average Bonchev–Trinajstić information content (AvgIpc) is 3.03. The average molecular weight is 699 g/mol. The van der Waals surface area contributed by atoms with E-state index >= 15 is 0 Å². The molecule has 0 aliphatic carbocycles. The van der Waals surface area contributed by atoms with E-state index in [0.29, 0.717) is 5.56 Å². The summed E-state index contributed by atoms with van der Waals surface area (Å²) < 4.78 is 18.4. The number of carbonyl (C=O) groups is 6. The summed E-state index contributed by atoms with van der Waals surface area (Å²) in [5, 5.41) is 21.4. The fraction of sp³-hybridized carbons (Fsp3) is 0.613. The van der Waals surface area contributed by atoms with Crippen LogP contribution < -0.4 is 32.3 Å². The molecule has 5 amide bonds. The maximum Gasteiger partial charge on any atom is 0.328 e. The van der Waals surface area contributed by atoms with Gasteiger partial charge in [-0.3, -0.25) is 28.5 Å². The summed E-state index contributed by atoms with van der Waals surface area (Å²) in [7, 11) is -3.11. The van der Waals surface area contributed by atoms with Crippen LogP contribution in [0.4, 0.5) is 0 Å². The third-order valence-electron chi connectivity index (χ3n) is 7.45. The van der Waals surface area contributed by atoms with Gasteiger partial charge in [-0.15, -0.1) is 0 Å². The summed E-state index contributed by atoms with van der Waals surface area (Å²) in [5.41, 5.74) is 6.06. The van der Waals surface area contributed by atoms with E-state index < -0.39 is 104 Å². The summed E-state index contributed by atoms with van der Waals surface area (Å²) in [6.45, 7) is 8.89. The predicted molar refractivity (Wildman–Crippen MR) is 177 cm³/mol. The van der Waals surface area contributed by atoms with Crippen LogP contribution in [0.1, 0.15) is 53.5 Å². The van der Waals surface area contributed by atoms with Crippen LogP contribution in [0, 0.1) is 11.8 Å². The first-order chi connectivity index (χ1) is 22.3. The molecular weight excluding hydrogens is 647 g/mol. The van der Waals surface area contributed by atoms with Gasteiger partial charge in [-0.2, -0.15) is 0 Å². The Bertz CT molecular complexity index is 1310. The van der Waals surface area contributed by atoms with Crippen LogP contribution >= 0.6 is 7.37 Å². The van der Waals surface area contributed by atoms with E-state index in [9.17, 15) is 38.2 Å². The lowest BCUT2D eigenvalue weighted by atomic mass is 10.00. The van der Waals surface area contributed by atoms with Gasteiger partial charge in [-0.25, -0.2) is 4.79 Å². The first-order valence-corrected chi connectivity index (χ1v) is 17.6. The Balaban J connectivity index is 3.02. The van der Waals surface area contributed by atoms with Gasteiger partial charge in [0.25, 0.3) is 0 Å². The molecule has 48 heavy (non-hydrogen) atoms. The first kappa shape index (κ1) is 42.2. The monoisotopic (exact) mass is 698 g/mol. The van der Waals surface area contributed by atoms with E-state index in [4.69, 9.17) is 15.6 Å². The summed E-state index contributed by atoms with van der Waals surface area (Å²) in [6, 6.07) is 3.02. The van der Waals surface area contributed by atoms with Gasteiger partial charge in [-0.1, -0.05) is 58.0 Å². The quantitative estimate of drug-likeness (QED) is 0.0650. The minimum Gasteiger partial charge on any atom is -0.467 e. The van der Waals surface area contributed by atoms with Gasteiger partial charge in [-0.05, 0) is 31.2 Å². The SMILES string of the molecule is COC(=O)[C@@H](NC(=O)[C@@H](NC(=O)CCP(=O)(O)[C@@H](Cc1ccccc1)NC(=O)[C@H](C)NC(=O)[C@H](C)NC(=O)[C@@H](N)CO)C(C)C)C(C)C. The van der Waals surface area contributed by atoms with Gasteiger partial charge in [0.15, 0.2) is 0 Å². The molecule has 7 atom stereocenters. The number of amides is 5. The van der Waals surface area contributed by atoms with E-state index in [2.05, 4.69) is 26.6 Å². The molecule has 9 N–H and O–H groups in total. The highest BCUT2D eigenvalue weighted by molar-refractivity contribution is 7.58. The van der Waals surface area contributed by atoms with Crippen molar-refractivity contribution < 1.29 is 48.1 Å². The fourth-order valence-electron chi connectivity index (χ4n) is 4.36. The van der Waals surface area contributed by atoms with Crippen molar-refractivity contribution in [1.82, 2.24) is 26.6 Å². The zero-order chi connectivity index (χ0) is 36.8. The highest BCUT2D eigenvalue weighted by Gasteiger charge is 2.36. The zero-order valence-electron chi connectivity index (χ0n) is 28.5. The molecule has 0 fully saturated rings. The number of ether oxygens (including phenoxy) is 1. The Kier molecular flexibility index (Phi) is 17.4. The van der Waals surface area contributed by atoms with Crippen LogP contribution in [0.5, 0.6) is 0 Å². The summed E-state index contributed by atoms with van der Waals surface area (Å²) >= 11 is 0. The molecule has 1 rings (SSSR count). The Hall–Kier alpha value is -3.85. The van der Waals surface area contributed by atoms with Crippen LogP contribution in [0.2, 0.25) is 0 Å². The molecule has 270 valence electrons. The highest BCUT2D eigenvalue weighted by atomic mass is 31.2. The van der Waals surface area contributed by atoms with Gasteiger partial charge >= 0.3 is 5.97 Å². The molecule has 0 aliphatic heterocycles. The normalized spacial score (nSPS) is 16.2. The lowest BCUT2D eigenvalue weighted by Gasteiger charge is -2.28. The number of methoxy groups -OCH3 is 1. The van der Waals surface area contributed by atoms with Crippen LogP contribution in [0.15, 0.2) is 30.3 Å². The minimum atomic E-state index is -4.31. The van der Waals surface area contributed by atoms with Crippen LogP contribution in [-0.2, 0) is 44.5 Å². The molecule has 0 aliphatic rings. The molecule has 1 aromatic rings. The summed E-state index contributed by atoms with van der Waals surface area (Å²) in [6.07, 6.45) is -1.08. The van der Waals surface area contributed by atoms with Crippen molar-refractivity contribution in [2.24, 2.45) is 17.6 Å². The number of carbonyl (C=O) groups excluding carboxylic acids is 6. The molecule has 0 aromatic heterocycles. The van der Waals surface area contributed by atoms with Crippen LogP contribution in [0.3, 0.4) is 0 Å². The third kappa shape index (κ3) is 13.7. The van der Waals surface area contributed by atoms with E-state index in [-0.39, 0.29) is 12.3 Å². The number of hydrogen-bond acceptors (Lipinski definition) is 10. The maximum absolute atomic E-state index is 13.7. The molecule has 0 saturated heterocycles. The summed E-state index contributed by atoms with van der Waals surface area (Å²) in [5.74, 6) is -6.31. The van der Waals surface area contributed by atoms with Crippen molar-refractivity contribution in [2.75, 3.05) is 19.9 Å². The molecule has 0 heterocycles. The highest BCUT2D eigenvalue weighted by Crippen LogP contribution is 2.47. The number of esters is 1. The smallest absolute Gasteiger partial charge is 0.328 e. The predicted octanol–water partition coefficient (Wildman–Crippen LogP) is -0.884.